The van der Waals surface area contributed by atoms with Gasteiger partial charge in [0.15, 0.2) is 0 Å². The van der Waals surface area contributed by atoms with E-state index in [9.17, 15) is 4.79 Å². The Hall–Kier alpha value is -2.55. The summed E-state index contributed by atoms with van der Waals surface area (Å²) in [6.07, 6.45) is 3.80. The summed E-state index contributed by atoms with van der Waals surface area (Å²) in [5, 5.41) is 3.07. The minimum atomic E-state index is -0.0468. The number of aryl methyl sites for hydroxylation is 2. The van der Waals surface area contributed by atoms with Crippen molar-refractivity contribution >= 4 is 11.4 Å². The molecule has 1 atom stereocenters. The molecule has 0 fully saturated rings. The molecule has 0 radical (unpaired) electrons. The minimum Gasteiger partial charge on any atom is -0.345 e. The molecule has 1 amide bonds. The number of benzene rings is 1. The summed E-state index contributed by atoms with van der Waals surface area (Å²) in [5.74, 6) is -0.0468. The molecule has 0 aliphatic rings. The summed E-state index contributed by atoms with van der Waals surface area (Å²) < 4.78 is 1.95. The lowest BCUT2D eigenvalue weighted by Crippen LogP contribution is -2.26. The predicted molar refractivity (Wildman–Crippen MR) is 89.2 cm³/mol. The summed E-state index contributed by atoms with van der Waals surface area (Å²) in [4.78, 5) is 12.4. The van der Waals surface area contributed by atoms with Crippen LogP contribution in [0.2, 0.25) is 0 Å². The minimum absolute atomic E-state index is 0.0187. The highest BCUT2D eigenvalue weighted by Gasteiger charge is 2.13. The maximum Gasteiger partial charge on any atom is 0.253 e. The number of carbonyl (C=O) groups is 1. The molecule has 2 aromatic heterocycles. The number of nitrogens with zero attached hydrogens (tertiary/aromatic N) is 1. The van der Waals surface area contributed by atoms with Crippen LogP contribution >= 0.6 is 0 Å². The molecule has 1 N–H and O–H groups in total. The van der Waals surface area contributed by atoms with Gasteiger partial charge < -0.3 is 9.72 Å². The Kier molecular flexibility index (Phi) is 3.72. The fourth-order valence-corrected chi connectivity index (χ4v) is 2.58. The van der Waals surface area contributed by atoms with Crippen LogP contribution in [-0.2, 0) is 0 Å². The summed E-state index contributed by atoms with van der Waals surface area (Å²) >= 11 is 0. The average molecular weight is 292 g/mol. The van der Waals surface area contributed by atoms with Crippen LogP contribution in [0.3, 0.4) is 0 Å². The number of aromatic nitrogens is 1. The van der Waals surface area contributed by atoms with E-state index in [1.165, 1.54) is 11.1 Å². The first-order chi connectivity index (χ1) is 10.5. The third kappa shape index (κ3) is 2.75. The molecule has 0 aliphatic carbocycles. The number of amides is 1. The van der Waals surface area contributed by atoms with Crippen LogP contribution < -0.4 is 5.32 Å². The standard InChI is InChI=1S/C19H20N2O/c1-13-7-8-16(10-14(13)2)15(3)20-19(22)17-11-18-6-4-5-9-21(18)12-17/h4-12,15H,1-3H3,(H,20,22). The van der Waals surface area contributed by atoms with Crippen LogP contribution in [-0.4, -0.2) is 10.3 Å². The molecule has 0 saturated carbocycles. The Morgan fingerprint density at radius 3 is 2.64 bits per heavy atom. The van der Waals surface area contributed by atoms with Crippen LogP contribution in [0.5, 0.6) is 0 Å². The molecule has 3 aromatic rings. The van der Waals surface area contributed by atoms with E-state index in [-0.39, 0.29) is 11.9 Å². The topological polar surface area (TPSA) is 33.5 Å². The smallest absolute Gasteiger partial charge is 0.253 e. The van der Waals surface area contributed by atoms with Crippen LogP contribution in [0.25, 0.3) is 5.52 Å². The summed E-state index contributed by atoms with van der Waals surface area (Å²) in [5.41, 5.74) is 5.34. The van der Waals surface area contributed by atoms with E-state index in [0.29, 0.717) is 5.56 Å². The molecule has 3 nitrogen and oxygen atoms in total. The van der Waals surface area contributed by atoms with Crippen molar-refractivity contribution in [2.24, 2.45) is 0 Å². The fraction of sp³-hybridized carbons (Fsp3) is 0.211. The Balaban J connectivity index is 1.79. The van der Waals surface area contributed by atoms with Crippen molar-refractivity contribution in [1.29, 1.82) is 0 Å². The van der Waals surface area contributed by atoms with Crippen molar-refractivity contribution in [3.05, 3.63) is 77.1 Å². The molecule has 112 valence electrons. The number of hydrogen-bond acceptors (Lipinski definition) is 1. The molecule has 1 aromatic carbocycles. The maximum atomic E-state index is 12.4. The lowest BCUT2D eigenvalue weighted by atomic mass is 10.0. The second-order valence-electron chi connectivity index (χ2n) is 5.80. The van der Waals surface area contributed by atoms with E-state index in [0.717, 1.165) is 11.1 Å². The third-order valence-electron chi connectivity index (χ3n) is 4.15. The molecule has 2 heterocycles. The van der Waals surface area contributed by atoms with E-state index in [2.05, 4.69) is 37.4 Å². The van der Waals surface area contributed by atoms with Gasteiger partial charge in [-0.05, 0) is 55.7 Å². The number of carbonyl (C=O) groups excluding carboxylic acids is 1. The SMILES string of the molecule is Cc1ccc(C(C)NC(=O)c2cc3ccccn3c2)cc1C. The molecule has 3 rings (SSSR count). The first-order valence-corrected chi connectivity index (χ1v) is 7.49. The number of nitrogens with one attached hydrogen (secondary N) is 1. The quantitative estimate of drug-likeness (QED) is 0.776. The Morgan fingerprint density at radius 2 is 1.91 bits per heavy atom. The van der Waals surface area contributed by atoms with Crippen LogP contribution in [0.1, 0.15) is 40.0 Å². The molecular weight excluding hydrogens is 272 g/mol. The first kappa shape index (κ1) is 14.4. The number of pyridine rings is 1. The first-order valence-electron chi connectivity index (χ1n) is 7.49. The maximum absolute atomic E-state index is 12.4. The molecule has 3 heteroatoms. The highest BCUT2D eigenvalue weighted by atomic mass is 16.1. The normalized spacial score (nSPS) is 12.3. The van der Waals surface area contributed by atoms with Gasteiger partial charge in [0.25, 0.3) is 5.91 Å². The predicted octanol–water partition coefficient (Wildman–Crippen LogP) is 4.05. The van der Waals surface area contributed by atoms with E-state index in [4.69, 9.17) is 0 Å². The molecule has 1 unspecified atom stereocenters. The second kappa shape index (κ2) is 5.68. The van der Waals surface area contributed by atoms with Gasteiger partial charge in [0, 0.05) is 17.9 Å². The van der Waals surface area contributed by atoms with E-state index >= 15 is 0 Å². The van der Waals surface area contributed by atoms with Crippen LogP contribution in [0.15, 0.2) is 54.9 Å². The Labute approximate surface area is 130 Å². The van der Waals surface area contributed by atoms with Crippen molar-refractivity contribution < 1.29 is 4.79 Å². The molecule has 0 saturated heterocycles. The molecular formula is C19H20N2O. The number of fused-ring (bicyclic) bond motifs is 1. The second-order valence-corrected chi connectivity index (χ2v) is 5.80. The third-order valence-corrected chi connectivity index (χ3v) is 4.15. The van der Waals surface area contributed by atoms with Crippen molar-refractivity contribution in [3.8, 4) is 0 Å². The summed E-state index contributed by atoms with van der Waals surface area (Å²) in [7, 11) is 0. The van der Waals surface area contributed by atoms with Gasteiger partial charge in [0.2, 0.25) is 0 Å². The van der Waals surface area contributed by atoms with Crippen molar-refractivity contribution in [1.82, 2.24) is 9.72 Å². The van der Waals surface area contributed by atoms with Gasteiger partial charge in [-0.25, -0.2) is 0 Å². The summed E-state index contributed by atoms with van der Waals surface area (Å²) in [6, 6.07) is 14.1. The van der Waals surface area contributed by atoms with E-state index in [1.54, 1.807) is 0 Å². The van der Waals surface area contributed by atoms with Crippen LogP contribution in [0.4, 0.5) is 0 Å². The largest absolute Gasteiger partial charge is 0.345 e. The lowest BCUT2D eigenvalue weighted by molar-refractivity contribution is 0.0940. The lowest BCUT2D eigenvalue weighted by Gasteiger charge is -2.15. The van der Waals surface area contributed by atoms with Gasteiger partial charge in [-0.1, -0.05) is 24.3 Å². The zero-order valence-electron chi connectivity index (χ0n) is 13.1. The van der Waals surface area contributed by atoms with Crippen LogP contribution in [0, 0.1) is 13.8 Å². The monoisotopic (exact) mass is 292 g/mol. The van der Waals surface area contributed by atoms with Crippen molar-refractivity contribution in [2.45, 2.75) is 26.8 Å². The van der Waals surface area contributed by atoms with Gasteiger partial charge in [0.05, 0.1) is 11.6 Å². The van der Waals surface area contributed by atoms with Gasteiger partial charge in [0.1, 0.15) is 0 Å². The molecule has 0 bridgehead atoms. The van der Waals surface area contributed by atoms with Crippen molar-refractivity contribution in [2.75, 3.05) is 0 Å². The number of hydrogen-bond donors (Lipinski definition) is 1. The fourth-order valence-electron chi connectivity index (χ4n) is 2.58. The Bertz CT molecular complexity index is 799. The van der Waals surface area contributed by atoms with Gasteiger partial charge in [-0.3, -0.25) is 4.79 Å². The van der Waals surface area contributed by atoms with Gasteiger partial charge in [-0.2, -0.15) is 0 Å². The van der Waals surface area contributed by atoms with E-state index in [1.807, 2.05) is 48.0 Å². The average Bonchev–Trinajstić information content (AvgIpc) is 2.94. The van der Waals surface area contributed by atoms with Crippen molar-refractivity contribution in [3.63, 3.8) is 0 Å². The highest BCUT2D eigenvalue weighted by molar-refractivity contribution is 5.95. The number of rotatable bonds is 3. The summed E-state index contributed by atoms with van der Waals surface area (Å²) in [6.45, 7) is 6.20. The highest BCUT2D eigenvalue weighted by Crippen LogP contribution is 2.18. The van der Waals surface area contributed by atoms with E-state index < -0.39 is 0 Å². The molecule has 0 aliphatic heterocycles. The van der Waals surface area contributed by atoms with Gasteiger partial charge >= 0.3 is 0 Å². The molecule has 0 spiro atoms. The zero-order chi connectivity index (χ0) is 15.7. The zero-order valence-corrected chi connectivity index (χ0v) is 13.1. The van der Waals surface area contributed by atoms with Gasteiger partial charge in [-0.15, -0.1) is 0 Å². The Morgan fingerprint density at radius 1 is 1.09 bits per heavy atom. The molecule has 22 heavy (non-hydrogen) atoms.